The third-order valence-electron chi connectivity index (χ3n) is 3.27. The monoisotopic (exact) mass is 300 g/mol. The van der Waals surface area contributed by atoms with Crippen molar-refractivity contribution in [2.75, 3.05) is 6.54 Å². The van der Waals surface area contributed by atoms with E-state index in [0.717, 1.165) is 23.0 Å². The fourth-order valence-corrected chi connectivity index (χ4v) is 2.15. The molecule has 0 aliphatic rings. The lowest BCUT2D eigenvalue weighted by molar-refractivity contribution is -0.129. The molecule has 0 fully saturated rings. The molecule has 1 amide bonds. The Kier molecular flexibility index (Phi) is 5.09. The normalized spacial score (nSPS) is 12.0. The number of amides is 1. The first-order valence-corrected chi connectivity index (χ1v) is 7.38. The molecule has 0 saturated carbocycles. The summed E-state index contributed by atoms with van der Waals surface area (Å²) in [7, 11) is 0. The van der Waals surface area contributed by atoms with E-state index in [-0.39, 0.29) is 5.91 Å². The van der Waals surface area contributed by atoms with E-state index in [0.29, 0.717) is 12.1 Å². The Labute approximate surface area is 129 Å². The Balaban J connectivity index is 2.21. The predicted octanol–water partition coefficient (Wildman–Crippen LogP) is 2.61. The van der Waals surface area contributed by atoms with Crippen LogP contribution in [0.25, 0.3) is 10.9 Å². The maximum absolute atomic E-state index is 12.4. The highest BCUT2D eigenvalue weighted by Gasteiger charge is 2.20. The van der Waals surface area contributed by atoms with Crippen molar-refractivity contribution in [3.05, 3.63) is 41.6 Å². The molecule has 116 valence electrons. The Morgan fingerprint density at radius 1 is 1.32 bits per heavy atom. The quantitative estimate of drug-likeness (QED) is 0.862. The molecule has 5 nitrogen and oxygen atoms in total. The van der Waals surface area contributed by atoms with Crippen molar-refractivity contribution in [1.82, 2.24) is 10.3 Å². The van der Waals surface area contributed by atoms with Crippen molar-refractivity contribution in [3.8, 4) is 0 Å². The minimum Gasteiger partial charge on any atom is -0.449 e. The lowest BCUT2D eigenvalue weighted by atomic mass is 10.1. The maximum Gasteiger partial charge on any atom is 0.339 e. The van der Waals surface area contributed by atoms with Crippen LogP contribution in [0, 0.1) is 6.92 Å². The van der Waals surface area contributed by atoms with Gasteiger partial charge >= 0.3 is 5.97 Å². The van der Waals surface area contributed by atoms with Crippen LogP contribution in [-0.4, -0.2) is 29.5 Å². The zero-order valence-electron chi connectivity index (χ0n) is 13.1. The summed E-state index contributed by atoms with van der Waals surface area (Å²) in [6.07, 6.45) is 0.00641. The Hall–Kier alpha value is -2.43. The molecular formula is C17H20N2O3. The fraction of sp³-hybridized carbons (Fsp3) is 0.353. The van der Waals surface area contributed by atoms with Gasteiger partial charge in [-0.25, -0.2) is 4.79 Å². The number of nitrogens with zero attached hydrogens (tertiary/aromatic N) is 1. The molecule has 5 heteroatoms. The molecule has 0 radical (unpaired) electrons. The van der Waals surface area contributed by atoms with E-state index in [2.05, 4.69) is 10.3 Å². The third kappa shape index (κ3) is 3.61. The van der Waals surface area contributed by atoms with Gasteiger partial charge in [-0.1, -0.05) is 25.1 Å². The number of nitrogens with one attached hydrogen (secondary N) is 1. The van der Waals surface area contributed by atoms with Gasteiger partial charge in [0.1, 0.15) is 0 Å². The number of benzene rings is 1. The molecule has 0 unspecified atom stereocenters. The lowest BCUT2D eigenvalue weighted by Crippen LogP contribution is -2.36. The second-order valence-electron chi connectivity index (χ2n) is 5.17. The minimum atomic E-state index is -0.828. The summed E-state index contributed by atoms with van der Waals surface area (Å²) >= 11 is 0. The van der Waals surface area contributed by atoms with Gasteiger partial charge in [-0.05, 0) is 32.4 Å². The number of fused-ring (bicyclic) bond motifs is 1. The van der Waals surface area contributed by atoms with Crippen LogP contribution in [0.1, 0.15) is 36.3 Å². The van der Waals surface area contributed by atoms with E-state index in [1.54, 1.807) is 13.0 Å². The predicted molar refractivity (Wildman–Crippen MR) is 84.7 cm³/mol. The SMILES string of the molecule is CCCNC(=O)[C@H](C)OC(=O)c1cc(C)nc2ccccc12. The molecule has 1 heterocycles. The zero-order valence-corrected chi connectivity index (χ0v) is 13.1. The second kappa shape index (κ2) is 7.02. The number of esters is 1. The van der Waals surface area contributed by atoms with E-state index in [9.17, 15) is 9.59 Å². The van der Waals surface area contributed by atoms with Crippen LogP contribution in [0.3, 0.4) is 0 Å². The highest BCUT2D eigenvalue weighted by molar-refractivity contribution is 6.04. The molecule has 1 N–H and O–H groups in total. The summed E-state index contributed by atoms with van der Waals surface area (Å²) in [5, 5.41) is 3.43. The average Bonchev–Trinajstić information content (AvgIpc) is 2.51. The van der Waals surface area contributed by atoms with Gasteiger partial charge in [-0.3, -0.25) is 9.78 Å². The van der Waals surface area contributed by atoms with Gasteiger partial charge in [0.2, 0.25) is 0 Å². The highest BCUT2D eigenvalue weighted by Crippen LogP contribution is 2.19. The van der Waals surface area contributed by atoms with Gasteiger partial charge in [0.25, 0.3) is 5.91 Å². The van der Waals surface area contributed by atoms with Gasteiger partial charge in [-0.15, -0.1) is 0 Å². The number of aryl methyl sites for hydroxylation is 1. The number of ether oxygens (including phenoxy) is 1. The maximum atomic E-state index is 12.4. The first-order chi connectivity index (χ1) is 10.5. The van der Waals surface area contributed by atoms with E-state index >= 15 is 0 Å². The van der Waals surface area contributed by atoms with Gasteiger partial charge in [-0.2, -0.15) is 0 Å². The van der Waals surface area contributed by atoms with Crippen LogP contribution in [-0.2, 0) is 9.53 Å². The molecular weight excluding hydrogens is 280 g/mol. The minimum absolute atomic E-state index is 0.287. The van der Waals surface area contributed by atoms with E-state index < -0.39 is 12.1 Å². The number of rotatable bonds is 5. The fourth-order valence-electron chi connectivity index (χ4n) is 2.15. The van der Waals surface area contributed by atoms with Crippen LogP contribution in [0.2, 0.25) is 0 Å². The molecule has 22 heavy (non-hydrogen) atoms. The second-order valence-corrected chi connectivity index (χ2v) is 5.17. The van der Waals surface area contributed by atoms with Crippen molar-refractivity contribution < 1.29 is 14.3 Å². The Bertz CT molecular complexity index is 697. The summed E-state index contributed by atoms with van der Waals surface area (Å²) in [4.78, 5) is 28.6. The lowest BCUT2D eigenvalue weighted by Gasteiger charge is -2.14. The number of para-hydroxylation sites is 1. The van der Waals surface area contributed by atoms with Crippen molar-refractivity contribution in [3.63, 3.8) is 0 Å². The number of aromatic nitrogens is 1. The molecule has 0 aliphatic heterocycles. The molecule has 1 aromatic heterocycles. The summed E-state index contributed by atoms with van der Waals surface area (Å²) < 4.78 is 5.28. The largest absolute Gasteiger partial charge is 0.449 e. The van der Waals surface area contributed by atoms with Gasteiger partial charge < -0.3 is 10.1 Å². The molecule has 0 saturated heterocycles. The Morgan fingerprint density at radius 2 is 2.05 bits per heavy atom. The van der Waals surface area contributed by atoms with E-state index in [4.69, 9.17) is 4.74 Å². The first kappa shape index (κ1) is 15.9. The van der Waals surface area contributed by atoms with Crippen LogP contribution in [0.5, 0.6) is 0 Å². The number of pyridine rings is 1. The van der Waals surface area contributed by atoms with Gasteiger partial charge in [0, 0.05) is 17.6 Å². The van der Waals surface area contributed by atoms with Crippen LogP contribution >= 0.6 is 0 Å². The molecule has 0 aliphatic carbocycles. The number of carbonyl (C=O) groups excluding carboxylic acids is 2. The number of hydrogen-bond acceptors (Lipinski definition) is 4. The molecule has 2 rings (SSSR count). The van der Waals surface area contributed by atoms with Crippen molar-refractivity contribution in [1.29, 1.82) is 0 Å². The molecule has 1 atom stereocenters. The Morgan fingerprint density at radius 3 is 2.77 bits per heavy atom. The summed E-state index contributed by atoms with van der Waals surface area (Å²) in [5.74, 6) is -0.800. The van der Waals surface area contributed by atoms with Crippen LogP contribution < -0.4 is 5.32 Å². The zero-order chi connectivity index (χ0) is 16.1. The van der Waals surface area contributed by atoms with Crippen molar-refractivity contribution in [2.45, 2.75) is 33.3 Å². The van der Waals surface area contributed by atoms with Crippen LogP contribution in [0.15, 0.2) is 30.3 Å². The number of carbonyl (C=O) groups is 2. The first-order valence-electron chi connectivity index (χ1n) is 7.38. The molecule has 1 aromatic carbocycles. The van der Waals surface area contributed by atoms with Crippen molar-refractivity contribution in [2.24, 2.45) is 0 Å². The third-order valence-corrected chi connectivity index (χ3v) is 3.27. The average molecular weight is 300 g/mol. The highest BCUT2D eigenvalue weighted by atomic mass is 16.5. The van der Waals surface area contributed by atoms with Crippen LogP contribution in [0.4, 0.5) is 0 Å². The van der Waals surface area contributed by atoms with E-state index in [1.807, 2.05) is 38.1 Å². The smallest absolute Gasteiger partial charge is 0.339 e. The number of hydrogen-bond donors (Lipinski definition) is 1. The summed E-state index contributed by atoms with van der Waals surface area (Å²) in [6, 6.07) is 9.05. The molecule has 2 aromatic rings. The van der Waals surface area contributed by atoms with Gasteiger partial charge in [0.05, 0.1) is 11.1 Å². The standard InChI is InChI=1S/C17H20N2O3/c1-4-9-18-16(20)12(3)22-17(21)14-10-11(2)19-15-8-6-5-7-13(14)15/h5-8,10,12H,4,9H2,1-3H3,(H,18,20)/t12-/m0/s1. The van der Waals surface area contributed by atoms with E-state index in [1.165, 1.54) is 0 Å². The van der Waals surface area contributed by atoms with Gasteiger partial charge in [0.15, 0.2) is 6.10 Å². The summed E-state index contributed by atoms with van der Waals surface area (Å²) in [5.41, 5.74) is 1.89. The van der Waals surface area contributed by atoms with Crippen molar-refractivity contribution >= 4 is 22.8 Å². The molecule has 0 spiro atoms. The summed E-state index contributed by atoms with van der Waals surface area (Å²) in [6.45, 7) is 5.92. The topological polar surface area (TPSA) is 68.3 Å². The molecule has 0 bridgehead atoms.